The molecule has 0 N–H and O–H groups in total. The summed E-state index contributed by atoms with van der Waals surface area (Å²) in [7, 11) is 0. The maximum Gasteiger partial charge on any atom is 0.266 e. The molecule has 3 rings (SSSR count). The molecule has 1 heterocycles. The second-order valence-electron chi connectivity index (χ2n) is 8.01. The minimum Gasteiger partial charge on any atom is -0.333 e. The minimum atomic E-state index is -0.311. The second kappa shape index (κ2) is 10.4. The third-order valence-corrected chi connectivity index (χ3v) is 5.78. The second-order valence-corrected chi connectivity index (χ2v) is 8.01. The predicted octanol–water partition coefficient (Wildman–Crippen LogP) is 5.44. The van der Waals surface area contributed by atoms with Gasteiger partial charge in [-0.2, -0.15) is 0 Å². The average Bonchev–Trinajstić information content (AvgIpc) is 2.79. The van der Waals surface area contributed by atoms with Crippen LogP contribution in [0.5, 0.6) is 0 Å². The Morgan fingerprint density at radius 2 is 1.74 bits per heavy atom. The molecule has 31 heavy (non-hydrogen) atoms. The van der Waals surface area contributed by atoms with E-state index in [1.165, 1.54) is 5.56 Å². The molecule has 0 aliphatic heterocycles. The third-order valence-electron chi connectivity index (χ3n) is 5.78. The number of para-hydroxylation sites is 1. The van der Waals surface area contributed by atoms with Crippen LogP contribution in [0.15, 0.2) is 53.3 Å². The van der Waals surface area contributed by atoms with E-state index in [9.17, 15) is 9.59 Å². The molecule has 1 amide bonds. The van der Waals surface area contributed by atoms with Crippen LogP contribution in [0.4, 0.5) is 0 Å². The van der Waals surface area contributed by atoms with Crippen LogP contribution in [0.1, 0.15) is 70.8 Å². The van der Waals surface area contributed by atoms with Gasteiger partial charge in [-0.1, -0.05) is 51.5 Å². The van der Waals surface area contributed by atoms with E-state index in [4.69, 9.17) is 4.98 Å². The van der Waals surface area contributed by atoms with Gasteiger partial charge in [-0.25, -0.2) is 4.98 Å². The maximum absolute atomic E-state index is 13.6. The fourth-order valence-corrected chi connectivity index (χ4v) is 3.92. The molecule has 1 aromatic heterocycles. The van der Waals surface area contributed by atoms with E-state index in [-0.39, 0.29) is 17.5 Å². The van der Waals surface area contributed by atoms with Crippen molar-refractivity contribution in [2.24, 2.45) is 0 Å². The van der Waals surface area contributed by atoms with E-state index in [1.807, 2.05) is 67.3 Å². The number of hydrogen-bond donors (Lipinski definition) is 0. The lowest BCUT2D eigenvalue weighted by molar-refractivity contribution is -0.133. The Morgan fingerprint density at radius 3 is 2.39 bits per heavy atom. The van der Waals surface area contributed by atoms with E-state index in [1.54, 1.807) is 4.57 Å². The number of fused-ring (bicyclic) bond motifs is 1. The van der Waals surface area contributed by atoms with E-state index in [0.717, 1.165) is 31.4 Å². The molecule has 0 aliphatic carbocycles. The van der Waals surface area contributed by atoms with Crippen molar-refractivity contribution in [1.29, 1.82) is 0 Å². The van der Waals surface area contributed by atoms with Gasteiger partial charge in [-0.15, -0.1) is 0 Å². The number of aryl methyl sites for hydroxylation is 1. The van der Waals surface area contributed by atoms with Crippen LogP contribution in [0.2, 0.25) is 0 Å². The first-order valence-corrected chi connectivity index (χ1v) is 11.4. The Labute approximate surface area is 184 Å². The Morgan fingerprint density at radius 1 is 1.03 bits per heavy atom. The molecular weight excluding hydrogens is 386 g/mol. The Kier molecular flexibility index (Phi) is 7.61. The number of carbonyl (C=O) groups excluding carboxylic acids is 1. The Hall–Kier alpha value is -2.95. The largest absolute Gasteiger partial charge is 0.333 e. The molecule has 1 atom stereocenters. The SMILES string of the molecule is CCCCN(C(=O)CCC)[C@@H](C)c1nc2ccccc2c(=O)n1-c1ccc(CC)cc1. The van der Waals surface area contributed by atoms with E-state index in [0.29, 0.717) is 29.7 Å². The smallest absolute Gasteiger partial charge is 0.266 e. The van der Waals surface area contributed by atoms with Crippen LogP contribution in [0.25, 0.3) is 16.6 Å². The quantitative estimate of drug-likeness (QED) is 0.464. The molecule has 0 bridgehead atoms. The Bertz CT molecular complexity index is 1090. The Balaban J connectivity index is 2.20. The molecule has 5 heteroatoms. The molecular formula is C26H33N3O2. The van der Waals surface area contributed by atoms with Gasteiger partial charge in [0.15, 0.2) is 0 Å². The van der Waals surface area contributed by atoms with Crippen molar-refractivity contribution in [1.82, 2.24) is 14.5 Å². The van der Waals surface area contributed by atoms with Crippen molar-refractivity contribution in [3.8, 4) is 5.69 Å². The highest BCUT2D eigenvalue weighted by atomic mass is 16.2. The first-order chi connectivity index (χ1) is 15.0. The van der Waals surface area contributed by atoms with Gasteiger partial charge in [0.25, 0.3) is 5.56 Å². The summed E-state index contributed by atoms with van der Waals surface area (Å²) in [5, 5.41) is 0.581. The summed E-state index contributed by atoms with van der Waals surface area (Å²) in [6, 6.07) is 15.1. The first-order valence-electron chi connectivity index (χ1n) is 11.4. The minimum absolute atomic E-state index is 0.102. The molecule has 3 aromatic rings. The summed E-state index contributed by atoms with van der Waals surface area (Å²) in [5.41, 5.74) is 2.55. The summed E-state index contributed by atoms with van der Waals surface area (Å²) in [6.45, 7) is 8.88. The van der Waals surface area contributed by atoms with Crippen molar-refractivity contribution >= 4 is 16.8 Å². The van der Waals surface area contributed by atoms with Gasteiger partial charge in [-0.05, 0) is 56.0 Å². The van der Waals surface area contributed by atoms with Gasteiger partial charge in [0.2, 0.25) is 5.91 Å². The molecule has 5 nitrogen and oxygen atoms in total. The molecule has 0 spiro atoms. The molecule has 164 valence electrons. The summed E-state index contributed by atoms with van der Waals surface area (Å²) in [4.78, 5) is 33.3. The fraction of sp³-hybridized carbons (Fsp3) is 0.423. The third kappa shape index (κ3) is 4.87. The van der Waals surface area contributed by atoms with Crippen molar-refractivity contribution in [2.45, 2.75) is 65.8 Å². The molecule has 0 unspecified atom stereocenters. The van der Waals surface area contributed by atoms with Crippen molar-refractivity contribution in [2.75, 3.05) is 6.54 Å². The highest BCUT2D eigenvalue weighted by molar-refractivity contribution is 5.79. The maximum atomic E-state index is 13.6. The highest BCUT2D eigenvalue weighted by Gasteiger charge is 2.26. The van der Waals surface area contributed by atoms with Crippen LogP contribution >= 0.6 is 0 Å². The standard InChI is InChI=1S/C26H33N3O2/c1-5-8-18-28(24(30)11-6-2)19(4)25-27-23-13-10-9-12-22(23)26(31)29(25)21-16-14-20(7-3)15-17-21/h9-10,12-17,19H,5-8,11,18H2,1-4H3/t19-/m0/s1. The van der Waals surface area contributed by atoms with Crippen LogP contribution in [0.3, 0.4) is 0 Å². The number of amides is 1. The van der Waals surface area contributed by atoms with Crippen molar-refractivity contribution in [3.63, 3.8) is 0 Å². The highest BCUT2D eigenvalue weighted by Crippen LogP contribution is 2.24. The van der Waals surface area contributed by atoms with Gasteiger partial charge in [0, 0.05) is 13.0 Å². The molecule has 2 aromatic carbocycles. The molecule has 0 fully saturated rings. The number of carbonyl (C=O) groups is 1. The zero-order valence-corrected chi connectivity index (χ0v) is 19.1. The molecule has 0 saturated heterocycles. The van der Waals surface area contributed by atoms with Crippen molar-refractivity contribution in [3.05, 3.63) is 70.3 Å². The molecule has 0 aliphatic rings. The lowest BCUT2D eigenvalue weighted by Crippen LogP contribution is -2.38. The van der Waals surface area contributed by atoms with E-state index < -0.39 is 0 Å². The number of unbranched alkanes of at least 4 members (excludes halogenated alkanes) is 1. The lowest BCUT2D eigenvalue weighted by Gasteiger charge is -2.30. The summed E-state index contributed by atoms with van der Waals surface area (Å²) in [5.74, 6) is 0.715. The topological polar surface area (TPSA) is 55.2 Å². The fourth-order valence-electron chi connectivity index (χ4n) is 3.92. The summed E-state index contributed by atoms with van der Waals surface area (Å²) in [6.07, 6.45) is 4.15. The van der Waals surface area contributed by atoms with Crippen molar-refractivity contribution < 1.29 is 4.79 Å². The van der Waals surface area contributed by atoms with Gasteiger partial charge in [0.1, 0.15) is 5.82 Å². The number of aromatic nitrogens is 2. The first kappa shape index (κ1) is 22.7. The van der Waals surface area contributed by atoms with Gasteiger partial charge in [0.05, 0.1) is 22.6 Å². The van der Waals surface area contributed by atoms with E-state index in [2.05, 4.69) is 13.8 Å². The lowest BCUT2D eigenvalue weighted by atomic mass is 10.1. The number of benzene rings is 2. The van der Waals surface area contributed by atoms with Crippen LogP contribution in [-0.2, 0) is 11.2 Å². The summed E-state index contributed by atoms with van der Waals surface area (Å²) < 4.78 is 1.69. The zero-order valence-electron chi connectivity index (χ0n) is 19.1. The van der Waals surface area contributed by atoms with Crippen LogP contribution in [0, 0.1) is 0 Å². The summed E-state index contributed by atoms with van der Waals surface area (Å²) >= 11 is 0. The normalized spacial score (nSPS) is 12.1. The number of hydrogen-bond acceptors (Lipinski definition) is 3. The van der Waals surface area contributed by atoms with Gasteiger partial charge >= 0.3 is 0 Å². The molecule has 0 radical (unpaired) electrons. The van der Waals surface area contributed by atoms with Crippen LogP contribution < -0.4 is 5.56 Å². The van der Waals surface area contributed by atoms with Crippen LogP contribution in [-0.4, -0.2) is 26.9 Å². The average molecular weight is 420 g/mol. The van der Waals surface area contributed by atoms with Gasteiger partial charge < -0.3 is 4.90 Å². The monoisotopic (exact) mass is 419 g/mol. The zero-order chi connectivity index (χ0) is 22.4. The predicted molar refractivity (Wildman–Crippen MR) is 127 cm³/mol. The van der Waals surface area contributed by atoms with Gasteiger partial charge in [-0.3, -0.25) is 14.2 Å². The number of nitrogens with zero attached hydrogens (tertiary/aromatic N) is 3. The number of rotatable bonds is 9. The van der Waals surface area contributed by atoms with E-state index >= 15 is 0 Å². The molecule has 0 saturated carbocycles.